The van der Waals surface area contributed by atoms with Crippen molar-refractivity contribution in [3.05, 3.63) is 65.5 Å². The highest BCUT2D eigenvalue weighted by Crippen LogP contribution is 2.35. The predicted octanol–water partition coefficient (Wildman–Crippen LogP) is 3.04. The molecule has 0 saturated heterocycles. The van der Waals surface area contributed by atoms with Crippen molar-refractivity contribution in [3.8, 4) is 11.5 Å². The fourth-order valence-corrected chi connectivity index (χ4v) is 2.58. The average molecular weight is 365 g/mol. The smallest absolute Gasteiger partial charge is 0.322 e. The molecule has 8 nitrogen and oxygen atoms in total. The molecule has 0 unspecified atom stereocenters. The SMILES string of the molecule is CC(=O)c1ccc(C(=O)Nc2nnc([C@@H]3COc4ccccc4O3)o2)cc1. The zero-order chi connectivity index (χ0) is 18.8. The van der Waals surface area contributed by atoms with Crippen LogP contribution in [0.25, 0.3) is 0 Å². The highest BCUT2D eigenvalue weighted by atomic mass is 16.6. The molecule has 1 aromatic heterocycles. The van der Waals surface area contributed by atoms with Crippen LogP contribution in [0.4, 0.5) is 6.01 Å². The third kappa shape index (κ3) is 3.50. The number of rotatable bonds is 4. The highest BCUT2D eigenvalue weighted by Gasteiger charge is 2.27. The van der Waals surface area contributed by atoms with Gasteiger partial charge in [-0.25, -0.2) is 0 Å². The lowest BCUT2D eigenvalue weighted by atomic mass is 10.1. The number of Topliss-reactive ketones (excluding diaryl/α,β-unsaturated/α-hetero) is 1. The second-order valence-corrected chi connectivity index (χ2v) is 5.90. The van der Waals surface area contributed by atoms with Gasteiger partial charge in [0.05, 0.1) is 0 Å². The Bertz CT molecular complexity index is 997. The number of ketones is 1. The maximum absolute atomic E-state index is 12.3. The fraction of sp³-hybridized carbons (Fsp3) is 0.158. The number of fused-ring (bicyclic) bond motifs is 1. The first-order valence-electron chi connectivity index (χ1n) is 8.24. The molecule has 0 spiro atoms. The molecule has 0 aliphatic carbocycles. The Kier molecular flexibility index (Phi) is 4.29. The summed E-state index contributed by atoms with van der Waals surface area (Å²) in [5.74, 6) is 0.942. The highest BCUT2D eigenvalue weighted by molar-refractivity contribution is 6.04. The minimum absolute atomic E-state index is 0.0481. The Hall–Kier alpha value is -3.68. The Balaban J connectivity index is 1.44. The Morgan fingerprint density at radius 1 is 1.00 bits per heavy atom. The first-order valence-corrected chi connectivity index (χ1v) is 8.24. The van der Waals surface area contributed by atoms with E-state index in [9.17, 15) is 9.59 Å². The number of para-hydroxylation sites is 2. The van der Waals surface area contributed by atoms with Gasteiger partial charge in [-0.1, -0.05) is 29.4 Å². The number of hydrogen-bond donors (Lipinski definition) is 1. The zero-order valence-corrected chi connectivity index (χ0v) is 14.3. The molecule has 1 atom stereocenters. The molecule has 1 amide bonds. The molecule has 27 heavy (non-hydrogen) atoms. The van der Waals surface area contributed by atoms with Gasteiger partial charge in [-0.05, 0) is 31.2 Å². The van der Waals surface area contributed by atoms with E-state index in [-0.39, 0.29) is 24.3 Å². The number of nitrogens with one attached hydrogen (secondary N) is 1. The van der Waals surface area contributed by atoms with Crippen molar-refractivity contribution in [3.63, 3.8) is 0 Å². The number of carbonyl (C=O) groups is 2. The predicted molar refractivity (Wildman–Crippen MR) is 94.0 cm³/mol. The molecular formula is C19H15N3O5. The number of amides is 1. The fourth-order valence-electron chi connectivity index (χ4n) is 2.58. The van der Waals surface area contributed by atoms with Gasteiger partial charge in [-0.2, -0.15) is 0 Å². The summed E-state index contributed by atoms with van der Waals surface area (Å²) in [6.07, 6.45) is -0.562. The summed E-state index contributed by atoms with van der Waals surface area (Å²) in [6.45, 7) is 1.68. The molecule has 8 heteroatoms. The van der Waals surface area contributed by atoms with E-state index in [1.165, 1.54) is 6.92 Å². The molecule has 0 bridgehead atoms. The van der Waals surface area contributed by atoms with E-state index in [2.05, 4.69) is 15.5 Å². The third-order valence-corrected chi connectivity index (χ3v) is 4.00. The Morgan fingerprint density at radius 2 is 1.70 bits per heavy atom. The molecule has 0 fully saturated rings. The summed E-state index contributed by atoms with van der Waals surface area (Å²) in [6, 6.07) is 13.5. The Morgan fingerprint density at radius 3 is 2.44 bits per heavy atom. The van der Waals surface area contributed by atoms with Gasteiger partial charge in [0, 0.05) is 11.1 Å². The summed E-state index contributed by atoms with van der Waals surface area (Å²) in [4.78, 5) is 23.6. The molecule has 1 aliphatic rings. The van der Waals surface area contributed by atoms with E-state index in [4.69, 9.17) is 13.9 Å². The average Bonchev–Trinajstić information content (AvgIpc) is 3.16. The van der Waals surface area contributed by atoms with E-state index >= 15 is 0 Å². The van der Waals surface area contributed by atoms with Gasteiger partial charge in [-0.3, -0.25) is 14.9 Å². The maximum atomic E-state index is 12.3. The topological polar surface area (TPSA) is 104 Å². The molecule has 0 saturated carbocycles. The van der Waals surface area contributed by atoms with Crippen LogP contribution in [0, 0.1) is 0 Å². The van der Waals surface area contributed by atoms with Crippen molar-refractivity contribution >= 4 is 17.7 Å². The number of hydrogen-bond acceptors (Lipinski definition) is 7. The van der Waals surface area contributed by atoms with Gasteiger partial charge in [0.2, 0.25) is 6.10 Å². The summed E-state index contributed by atoms with van der Waals surface area (Å²) >= 11 is 0. The molecule has 0 radical (unpaired) electrons. The van der Waals surface area contributed by atoms with E-state index in [0.29, 0.717) is 22.6 Å². The van der Waals surface area contributed by atoms with E-state index in [1.54, 1.807) is 30.3 Å². The second kappa shape index (κ2) is 6.91. The van der Waals surface area contributed by atoms with Crippen molar-refractivity contribution in [1.29, 1.82) is 0 Å². The van der Waals surface area contributed by atoms with Gasteiger partial charge in [0.1, 0.15) is 6.61 Å². The van der Waals surface area contributed by atoms with Crippen molar-refractivity contribution in [2.75, 3.05) is 11.9 Å². The number of ether oxygens (including phenoxy) is 2. The molecule has 1 aliphatic heterocycles. The van der Waals surface area contributed by atoms with Gasteiger partial charge in [0.15, 0.2) is 17.3 Å². The number of aromatic nitrogens is 2. The van der Waals surface area contributed by atoms with Gasteiger partial charge in [-0.15, -0.1) is 5.10 Å². The van der Waals surface area contributed by atoms with Crippen molar-refractivity contribution in [2.24, 2.45) is 0 Å². The molecule has 1 N–H and O–H groups in total. The molecule has 136 valence electrons. The van der Waals surface area contributed by atoms with E-state index in [0.717, 1.165) is 0 Å². The second-order valence-electron chi connectivity index (χ2n) is 5.90. The molecule has 3 aromatic rings. The molecule has 2 aromatic carbocycles. The molecule has 2 heterocycles. The van der Waals surface area contributed by atoms with Crippen LogP contribution in [0.5, 0.6) is 11.5 Å². The number of nitrogens with zero attached hydrogens (tertiary/aromatic N) is 2. The first-order chi connectivity index (χ1) is 13.1. The van der Waals surface area contributed by atoms with Crippen LogP contribution in [0.2, 0.25) is 0 Å². The summed E-state index contributed by atoms with van der Waals surface area (Å²) in [5, 5.41) is 10.3. The standard InChI is InChI=1S/C19H15N3O5/c1-11(23)12-6-8-13(9-7-12)17(24)20-19-22-21-18(27-19)16-10-25-14-4-2-3-5-15(14)26-16/h2-9,16H,10H2,1H3,(H,20,22,24)/t16-/m0/s1. The quantitative estimate of drug-likeness (QED) is 0.709. The van der Waals surface area contributed by atoms with Gasteiger partial charge in [0.25, 0.3) is 11.8 Å². The minimum Gasteiger partial charge on any atom is -0.485 e. The lowest BCUT2D eigenvalue weighted by molar-refractivity contribution is 0.0716. The van der Waals surface area contributed by atoms with Crippen LogP contribution >= 0.6 is 0 Å². The van der Waals surface area contributed by atoms with Crippen molar-refractivity contribution in [2.45, 2.75) is 13.0 Å². The maximum Gasteiger partial charge on any atom is 0.322 e. The molecular weight excluding hydrogens is 350 g/mol. The van der Waals surface area contributed by atoms with Gasteiger partial charge >= 0.3 is 6.01 Å². The number of benzene rings is 2. The lowest BCUT2D eigenvalue weighted by Gasteiger charge is -2.23. The van der Waals surface area contributed by atoms with Crippen LogP contribution in [0.1, 0.15) is 39.6 Å². The summed E-state index contributed by atoms with van der Waals surface area (Å²) in [7, 11) is 0. The van der Waals surface area contributed by atoms with Crippen LogP contribution in [-0.4, -0.2) is 28.5 Å². The summed E-state index contributed by atoms with van der Waals surface area (Å²) < 4.78 is 16.9. The van der Waals surface area contributed by atoms with Crippen molar-refractivity contribution in [1.82, 2.24) is 10.2 Å². The normalized spacial score (nSPS) is 15.2. The number of anilines is 1. The zero-order valence-electron chi connectivity index (χ0n) is 14.3. The van der Waals surface area contributed by atoms with E-state index < -0.39 is 12.0 Å². The van der Waals surface area contributed by atoms with Crippen LogP contribution in [0.15, 0.2) is 52.9 Å². The third-order valence-electron chi connectivity index (χ3n) is 4.00. The Labute approximate surface area is 154 Å². The van der Waals surface area contributed by atoms with Crippen LogP contribution < -0.4 is 14.8 Å². The monoisotopic (exact) mass is 365 g/mol. The summed E-state index contributed by atoms with van der Waals surface area (Å²) in [5.41, 5.74) is 0.896. The van der Waals surface area contributed by atoms with Crippen LogP contribution in [0.3, 0.4) is 0 Å². The first kappa shape index (κ1) is 16.8. The largest absolute Gasteiger partial charge is 0.485 e. The van der Waals surface area contributed by atoms with Crippen molar-refractivity contribution < 1.29 is 23.5 Å². The minimum atomic E-state index is -0.562. The molecule has 4 rings (SSSR count). The van der Waals surface area contributed by atoms with Crippen LogP contribution in [-0.2, 0) is 0 Å². The van der Waals surface area contributed by atoms with Gasteiger partial charge < -0.3 is 13.9 Å². The van der Waals surface area contributed by atoms with E-state index in [1.807, 2.05) is 18.2 Å². The number of carbonyl (C=O) groups excluding carboxylic acids is 2. The lowest BCUT2D eigenvalue weighted by Crippen LogP contribution is -2.21.